The number of nitrogens with one attached hydrogen (secondary N) is 2. The monoisotopic (exact) mass is 814 g/mol. The van der Waals surface area contributed by atoms with E-state index in [4.69, 9.17) is 25.5 Å². The largest absolute Gasteiger partial charge is 0.542 e. The van der Waals surface area contributed by atoms with E-state index in [0.29, 0.717) is 34.7 Å². The van der Waals surface area contributed by atoms with E-state index in [9.17, 15) is 40.3 Å². The molecule has 0 radical (unpaired) electrons. The maximum atomic E-state index is 15.0. The van der Waals surface area contributed by atoms with Gasteiger partial charge in [0.05, 0.1) is 27.2 Å². The number of hydrogen-bond acceptors (Lipinski definition) is 8. The molecule has 0 aromatic heterocycles. The zero-order valence-corrected chi connectivity index (χ0v) is 31.4. The van der Waals surface area contributed by atoms with Gasteiger partial charge in [-0.3, -0.25) is 19.4 Å². The van der Waals surface area contributed by atoms with Crippen LogP contribution >= 0.6 is 0 Å². The number of rotatable bonds is 9. The first-order valence-corrected chi connectivity index (χ1v) is 17.6. The molecular weight excluding hydrogens is 769 g/mol. The van der Waals surface area contributed by atoms with Gasteiger partial charge in [0.25, 0.3) is 11.8 Å². The Morgan fingerprint density at radius 1 is 0.877 bits per heavy atom. The molecule has 312 valence electrons. The molecule has 0 spiro atoms. The zero-order chi connectivity index (χ0) is 42.7. The second-order valence-electron chi connectivity index (χ2n) is 14.2. The molecule has 3 aromatic rings. The summed E-state index contributed by atoms with van der Waals surface area (Å²) in [5.74, 6) is -6.52. The van der Waals surface area contributed by atoms with E-state index in [1.54, 1.807) is 12.1 Å². The van der Waals surface area contributed by atoms with Crippen molar-refractivity contribution in [3.8, 4) is 11.1 Å². The molecule has 2 aliphatic heterocycles. The summed E-state index contributed by atoms with van der Waals surface area (Å²) in [5, 5.41) is 22.4. The molecule has 2 heterocycles. The minimum absolute atomic E-state index is 0.188. The van der Waals surface area contributed by atoms with Gasteiger partial charge in [-0.05, 0) is 59.5 Å². The van der Waals surface area contributed by atoms with Gasteiger partial charge in [0, 0.05) is 63.0 Å². The summed E-state index contributed by atoms with van der Waals surface area (Å²) in [7, 11) is 4.07. The third-order valence-electron chi connectivity index (χ3n) is 9.25. The second kappa shape index (κ2) is 19.8. The fourth-order valence-electron chi connectivity index (χ4n) is 6.20. The van der Waals surface area contributed by atoms with Crippen LogP contribution in [0, 0.1) is 5.82 Å². The van der Waals surface area contributed by atoms with Crippen LogP contribution in [0.15, 0.2) is 66.7 Å². The number of benzene rings is 3. The van der Waals surface area contributed by atoms with Crippen molar-refractivity contribution >= 4 is 23.8 Å². The van der Waals surface area contributed by atoms with Crippen LogP contribution in [0.3, 0.4) is 0 Å². The lowest BCUT2D eigenvalue weighted by Crippen LogP contribution is -2.65. The standard InChI is InChI=1S/C34H43FN6O2.2C2HF3O2/c1-24-20-39(13-12-37-24)21-26-6-4-8-28(16-26)30-18-25(10-11-31(30)35)19-38-34(43)29-9-5-7-27(17-29)22-40-14-15-41(2,3)32(23-40)33(36)42;2*3-2(4,5)1(6)7/h4-11,16-18,24,32,37H,12-15,19-23H2,1-3H3,(H2-,36,38,42,43);2*(H,6,7)/t24-,32?;;/m0../s1. The molecule has 57 heavy (non-hydrogen) atoms. The number of nitrogens with two attached hydrogens (primary N) is 1. The summed E-state index contributed by atoms with van der Waals surface area (Å²) in [6, 6.07) is 20.8. The number of likely N-dealkylation sites (N-methyl/N-ethyl adjacent to an activating group) is 1. The van der Waals surface area contributed by atoms with Gasteiger partial charge in [0.2, 0.25) is 0 Å². The molecule has 5 N–H and O–H groups in total. The molecule has 2 atom stereocenters. The number of piperazine rings is 2. The SMILES string of the molecule is C[C@H]1CN(Cc2cccc(-c3cc(CNC(=O)c4cccc(CN5CC[N+](C)(C)C(C(N)=O)C5)c4)ccc3F)c2)CCN1.O=C(O)C(F)(F)F.O=C([O-])C(F)(F)F. The first-order valence-electron chi connectivity index (χ1n) is 17.6. The van der Waals surface area contributed by atoms with Crippen molar-refractivity contribution in [2.45, 2.75) is 51.0 Å². The number of hydrogen-bond donors (Lipinski definition) is 4. The molecule has 0 bridgehead atoms. The predicted octanol–water partition coefficient (Wildman–Crippen LogP) is 2.89. The topological polar surface area (TPSA) is 168 Å². The third-order valence-corrected chi connectivity index (χ3v) is 9.25. The maximum absolute atomic E-state index is 15.0. The lowest BCUT2D eigenvalue weighted by atomic mass is 10.00. The third kappa shape index (κ3) is 14.7. The van der Waals surface area contributed by atoms with E-state index in [0.717, 1.165) is 61.5 Å². The Morgan fingerprint density at radius 2 is 1.46 bits per heavy atom. The number of carbonyl (C=O) groups is 4. The zero-order valence-electron chi connectivity index (χ0n) is 31.4. The molecule has 2 fully saturated rings. The van der Waals surface area contributed by atoms with E-state index >= 15 is 0 Å². The predicted molar refractivity (Wildman–Crippen MR) is 192 cm³/mol. The lowest BCUT2D eigenvalue weighted by molar-refractivity contribution is -0.910. The Bertz CT molecular complexity index is 1850. The van der Waals surface area contributed by atoms with Gasteiger partial charge in [0.15, 0.2) is 6.04 Å². The summed E-state index contributed by atoms with van der Waals surface area (Å²) in [5.41, 5.74) is 10.6. The average molecular weight is 815 g/mol. The molecule has 1 unspecified atom stereocenters. The van der Waals surface area contributed by atoms with Crippen molar-refractivity contribution in [1.82, 2.24) is 20.4 Å². The van der Waals surface area contributed by atoms with E-state index < -0.39 is 24.3 Å². The van der Waals surface area contributed by atoms with Crippen LogP contribution < -0.4 is 21.5 Å². The van der Waals surface area contributed by atoms with Gasteiger partial charge < -0.3 is 35.9 Å². The van der Waals surface area contributed by atoms with E-state index in [-0.39, 0.29) is 30.2 Å². The van der Waals surface area contributed by atoms with Gasteiger partial charge in [-0.2, -0.15) is 26.3 Å². The van der Waals surface area contributed by atoms with Crippen LogP contribution in [-0.4, -0.2) is 121 Å². The minimum Gasteiger partial charge on any atom is -0.542 e. The fraction of sp³-hybridized carbons (Fsp3) is 0.421. The number of primary amides is 1. The number of carboxylic acid groups (broad SMARTS) is 2. The van der Waals surface area contributed by atoms with Crippen molar-refractivity contribution in [3.63, 3.8) is 0 Å². The molecule has 2 saturated heterocycles. The van der Waals surface area contributed by atoms with Crippen molar-refractivity contribution in [3.05, 3.63) is 94.8 Å². The Kier molecular flexibility index (Phi) is 16.1. The summed E-state index contributed by atoms with van der Waals surface area (Å²) < 4.78 is 78.8. The number of aliphatic carboxylic acids is 2. The molecular formula is C38H45F7N6O6. The van der Waals surface area contributed by atoms with Crippen LogP contribution in [0.5, 0.6) is 0 Å². The van der Waals surface area contributed by atoms with Gasteiger partial charge >= 0.3 is 18.3 Å². The number of nitrogens with zero attached hydrogens (tertiary/aromatic N) is 3. The van der Waals surface area contributed by atoms with Crippen LogP contribution in [0.1, 0.15) is 34.0 Å². The number of amides is 2. The van der Waals surface area contributed by atoms with Crippen LogP contribution in [0.25, 0.3) is 11.1 Å². The van der Waals surface area contributed by atoms with Crippen molar-refractivity contribution in [2.24, 2.45) is 5.73 Å². The number of halogens is 7. The minimum atomic E-state index is -5.19. The smallest absolute Gasteiger partial charge is 0.490 e. The summed E-state index contributed by atoms with van der Waals surface area (Å²) in [4.78, 5) is 47.4. The highest BCUT2D eigenvalue weighted by Crippen LogP contribution is 2.26. The quantitative estimate of drug-likeness (QED) is 0.188. The van der Waals surface area contributed by atoms with Gasteiger partial charge in [0.1, 0.15) is 11.8 Å². The summed E-state index contributed by atoms with van der Waals surface area (Å²) >= 11 is 0. The van der Waals surface area contributed by atoms with Gasteiger partial charge in [-0.1, -0.05) is 36.4 Å². The molecule has 5 rings (SSSR count). The van der Waals surface area contributed by atoms with E-state index in [2.05, 4.69) is 39.5 Å². The Morgan fingerprint density at radius 3 is 2.02 bits per heavy atom. The highest BCUT2D eigenvalue weighted by atomic mass is 19.4. The Labute approximate surface area is 324 Å². The van der Waals surface area contributed by atoms with Crippen molar-refractivity contribution in [2.75, 3.05) is 53.4 Å². The molecule has 0 aliphatic carbocycles. The first kappa shape index (κ1) is 46.3. The van der Waals surface area contributed by atoms with E-state index in [1.807, 2.05) is 50.5 Å². The van der Waals surface area contributed by atoms with Crippen LogP contribution in [0.2, 0.25) is 0 Å². The molecule has 3 aromatic carbocycles. The average Bonchev–Trinajstić information content (AvgIpc) is 3.11. The molecule has 2 amide bonds. The lowest BCUT2D eigenvalue weighted by Gasteiger charge is -2.44. The van der Waals surface area contributed by atoms with E-state index in [1.165, 1.54) is 6.07 Å². The van der Waals surface area contributed by atoms with Crippen LogP contribution in [-0.2, 0) is 34.0 Å². The Balaban J connectivity index is 0.000000531. The van der Waals surface area contributed by atoms with Crippen molar-refractivity contribution in [1.29, 1.82) is 0 Å². The molecule has 2 aliphatic rings. The van der Waals surface area contributed by atoms with Crippen molar-refractivity contribution < 1.29 is 64.6 Å². The normalized spacial score (nSPS) is 18.6. The fourth-order valence-corrected chi connectivity index (χ4v) is 6.20. The highest BCUT2D eigenvalue weighted by molar-refractivity contribution is 5.94. The highest BCUT2D eigenvalue weighted by Gasteiger charge is 2.39. The number of carbonyl (C=O) groups excluding carboxylic acids is 3. The number of alkyl halides is 6. The molecule has 12 nitrogen and oxygen atoms in total. The van der Waals surface area contributed by atoms with Gasteiger partial charge in [-0.15, -0.1) is 0 Å². The Hall–Kier alpha value is -5.11. The first-order chi connectivity index (χ1) is 26.5. The van der Waals surface area contributed by atoms with Crippen LogP contribution in [0.4, 0.5) is 30.7 Å². The maximum Gasteiger partial charge on any atom is 0.490 e. The number of quaternary nitrogens is 1. The second-order valence-corrected chi connectivity index (χ2v) is 14.2. The molecule has 19 heteroatoms. The summed E-state index contributed by atoms with van der Waals surface area (Å²) in [6.45, 7) is 9.16. The van der Waals surface area contributed by atoms with Gasteiger partial charge in [-0.25, -0.2) is 9.18 Å². The summed E-state index contributed by atoms with van der Waals surface area (Å²) in [6.07, 6.45) is -10.3. The number of carboxylic acids is 2. The molecule has 0 saturated carbocycles.